The lowest BCUT2D eigenvalue weighted by Gasteiger charge is -2.41. The van der Waals surface area contributed by atoms with Gasteiger partial charge in [0, 0.05) is 55.3 Å². The second kappa shape index (κ2) is 12.8. The molecule has 44 heavy (non-hydrogen) atoms. The maximum Gasteiger partial charge on any atom is 0.318 e. The zero-order valence-electron chi connectivity index (χ0n) is 25.8. The average Bonchev–Trinajstić information content (AvgIpc) is 2.99. The van der Waals surface area contributed by atoms with Crippen LogP contribution >= 0.6 is 0 Å². The number of ether oxygens (including phenoxy) is 2. The molecule has 1 amide bonds. The number of piperazine rings is 1. The van der Waals surface area contributed by atoms with E-state index in [-0.39, 0.29) is 24.6 Å². The number of aryl methyl sites for hydroxylation is 1. The van der Waals surface area contributed by atoms with Crippen LogP contribution in [0.4, 0.5) is 11.5 Å². The fraction of sp³-hybridized carbons (Fsp3) is 0.485. The van der Waals surface area contributed by atoms with Crippen LogP contribution < -0.4 is 14.5 Å². The van der Waals surface area contributed by atoms with Crippen LogP contribution in [-0.2, 0) is 22.5 Å². The number of amides is 1. The number of anilines is 2. The Morgan fingerprint density at radius 3 is 2.84 bits per heavy atom. The van der Waals surface area contributed by atoms with Crippen LogP contribution in [0.25, 0.3) is 15.6 Å². The van der Waals surface area contributed by atoms with E-state index < -0.39 is 0 Å². The summed E-state index contributed by atoms with van der Waals surface area (Å²) >= 11 is 0. The summed E-state index contributed by atoms with van der Waals surface area (Å²) in [7, 11) is 2.09. The molecule has 2 atom stereocenters. The zero-order chi connectivity index (χ0) is 30.8. The maximum absolute atomic E-state index is 12.6. The minimum absolute atomic E-state index is 0.131. The fourth-order valence-corrected chi connectivity index (χ4v) is 6.52. The third-order valence-corrected chi connectivity index (χ3v) is 8.97. The summed E-state index contributed by atoms with van der Waals surface area (Å²) in [5.74, 6) is 0.696. The quantitative estimate of drug-likeness (QED) is 0.273. The predicted octanol–water partition coefficient (Wildman–Crippen LogP) is 3.12. The Kier molecular flexibility index (Phi) is 8.64. The van der Waals surface area contributed by atoms with Crippen molar-refractivity contribution < 1.29 is 14.3 Å². The minimum atomic E-state index is -0.246. The Bertz CT molecular complexity index is 1580. The van der Waals surface area contributed by atoms with Gasteiger partial charge < -0.3 is 29.0 Å². The molecule has 11 heteroatoms. The van der Waals surface area contributed by atoms with E-state index in [2.05, 4.69) is 63.3 Å². The fourth-order valence-electron chi connectivity index (χ4n) is 6.52. The second-order valence-electron chi connectivity index (χ2n) is 12.0. The van der Waals surface area contributed by atoms with Crippen molar-refractivity contribution in [3.63, 3.8) is 0 Å². The Balaban J connectivity index is 1.33. The van der Waals surface area contributed by atoms with Gasteiger partial charge in [0.05, 0.1) is 43.4 Å². The van der Waals surface area contributed by atoms with Crippen LogP contribution in [0.3, 0.4) is 0 Å². The highest BCUT2D eigenvalue weighted by atomic mass is 16.5. The van der Waals surface area contributed by atoms with E-state index in [9.17, 15) is 4.79 Å². The number of carbonyl (C=O) groups is 1. The highest BCUT2D eigenvalue weighted by Gasteiger charge is 2.35. The number of hydrogen-bond donors (Lipinski definition) is 0. The lowest BCUT2D eigenvalue weighted by Crippen LogP contribution is -2.56. The number of aromatic nitrogens is 3. The Morgan fingerprint density at radius 2 is 2.09 bits per heavy atom. The maximum atomic E-state index is 12.6. The third kappa shape index (κ3) is 5.92. The second-order valence-corrected chi connectivity index (χ2v) is 12.0. The largest absolute Gasteiger partial charge is 0.459 e. The van der Waals surface area contributed by atoms with Gasteiger partial charge in [-0.3, -0.25) is 14.7 Å². The molecule has 3 aromatic rings. The zero-order valence-corrected chi connectivity index (χ0v) is 25.8. The lowest BCUT2D eigenvalue weighted by atomic mass is 10.0. The minimum Gasteiger partial charge on any atom is -0.459 e. The van der Waals surface area contributed by atoms with Crippen LogP contribution in [0.2, 0.25) is 0 Å². The predicted molar refractivity (Wildman–Crippen MR) is 170 cm³/mol. The summed E-state index contributed by atoms with van der Waals surface area (Å²) in [6, 6.07) is 6.82. The Hall–Kier alpha value is -4.27. The molecule has 2 saturated heterocycles. The van der Waals surface area contributed by atoms with Crippen LogP contribution in [0.15, 0.2) is 43.2 Å². The van der Waals surface area contributed by atoms with E-state index in [1.807, 2.05) is 19.3 Å². The van der Waals surface area contributed by atoms with E-state index in [0.29, 0.717) is 38.2 Å². The number of likely N-dealkylation sites (N-methyl/N-ethyl adjacent to an activating group) is 1. The van der Waals surface area contributed by atoms with Gasteiger partial charge in [-0.1, -0.05) is 24.8 Å². The first kappa shape index (κ1) is 29.8. The first-order valence-corrected chi connectivity index (χ1v) is 15.3. The summed E-state index contributed by atoms with van der Waals surface area (Å²) in [5, 5.41) is 2.33. The molecule has 3 aliphatic heterocycles. The molecule has 0 spiro atoms. The van der Waals surface area contributed by atoms with Crippen LogP contribution in [0, 0.1) is 13.5 Å². The summed E-state index contributed by atoms with van der Waals surface area (Å²) < 4.78 is 11.8. The number of hydrogen-bond acceptors (Lipinski definition) is 9. The summed E-state index contributed by atoms with van der Waals surface area (Å²) in [6.45, 7) is 20.8. The van der Waals surface area contributed by atoms with Gasteiger partial charge in [0.1, 0.15) is 18.0 Å². The van der Waals surface area contributed by atoms with Gasteiger partial charge in [-0.15, -0.1) is 0 Å². The Labute approximate surface area is 258 Å². The summed E-state index contributed by atoms with van der Waals surface area (Å²) in [6.07, 6.45) is 5.82. The monoisotopic (exact) mass is 596 g/mol. The van der Waals surface area contributed by atoms with E-state index in [1.54, 1.807) is 4.90 Å². The van der Waals surface area contributed by atoms with Crippen molar-refractivity contribution in [1.29, 1.82) is 0 Å². The number of nitrogens with zero attached hydrogens (tertiary/aromatic N) is 8. The van der Waals surface area contributed by atoms with Crippen LogP contribution in [0.5, 0.6) is 6.01 Å². The molecular formula is C33H40N8O3. The van der Waals surface area contributed by atoms with E-state index in [4.69, 9.17) is 26.0 Å². The molecule has 0 N–H and O–H groups in total. The van der Waals surface area contributed by atoms with Gasteiger partial charge in [-0.25, -0.2) is 6.57 Å². The van der Waals surface area contributed by atoms with Crippen molar-refractivity contribution in [3.8, 4) is 6.01 Å². The van der Waals surface area contributed by atoms with Crippen molar-refractivity contribution in [3.05, 3.63) is 71.5 Å². The molecule has 0 radical (unpaired) electrons. The number of benzene rings is 1. The standard InChI is InChI=1S/C33H40N8O3/c1-6-30(42)41-13-12-40(18-25(41)15-34-4)32-27-10-11-39(29-16-35-14-24-9-7-8-22(2)31(24)29)19-28(27)36-33(37-32)44-23(3)17-38(5)26-20-43-21-26/h6-9,14,16,23,25-26H,1,10-13,15,17-21H2,2-3,5H3/t23-,25+/m1/s1. The lowest BCUT2D eigenvalue weighted by molar-refractivity contribution is -0.128. The first-order chi connectivity index (χ1) is 21.4. The molecule has 5 heterocycles. The van der Waals surface area contributed by atoms with Crippen molar-refractivity contribution in [2.24, 2.45) is 0 Å². The highest BCUT2D eigenvalue weighted by molar-refractivity contribution is 5.96. The van der Waals surface area contributed by atoms with Crippen LogP contribution in [0.1, 0.15) is 23.7 Å². The van der Waals surface area contributed by atoms with Gasteiger partial charge in [0.2, 0.25) is 12.5 Å². The molecule has 0 aliphatic carbocycles. The molecule has 1 aromatic carbocycles. The van der Waals surface area contributed by atoms with Gasteiger partial charge in [0.25, 0.3) is 0 Å². The normalized spacial score (nSPS) is 19.3. The van der Waals surface area contributed by atoms with E-state index >= 15 is 0 Å². The van der Waals surface area contributed by atoms with Gasteiger partial charge in [0.15, 0.2) is 0 Å². The molecule has 0 unspecified atom stereocenters. The van der Waals surface area contributed by atoms with Gasteiger partial charge in [-0.2, -0.15) is 9.97 Å². The van der Waals surface area contributed by atoms with Crippen molar-refractivity contribution >= 4 is 28.2 Å². The molecule has 0 bridgehead atoms. The molecular weight excluding hydrogens is 556 g/mol. The van der Waals surface area contributed by atoms with E-state index in [0.717, 1.165) is 60.9 Å². The van der Waals surface area contributed by atoms with Crippen molar-refractivity contribution in [1.82, 2.24) is 24.8 Å². The summed E-state index contributed by atoms with van der Waals surface area (Å²) in [4.78, 5) is 39.3. The molecule has 2 fully saturated rings. The summed E-state index contributed by atoms with van der Waals surface area (Å²) in [5.41, 5.74) is 4.34. The average molecular weight is 597 g/mol. The van der Waals surface area contributed by atoms with Crippen molar-refractivity contribution in [2.75, 3.05) is 69.3 Å². The number of fused-ring (bicyclic) bond motifs is 2. The molecule has 3 aliphatic rings. The molecule has 230 valence electrons. The Morgan fingerprint density at radius 1 is 1.25 bits per heavy atom. The third-order valence-electron chi connectivity index (χ3n) is 8.97. The van der Waals surface area contributed by atoms with Gasteiger partial charge >= 0.3 is 6.01 Å². The number of carbonyl (C=O) groups excluding carboxylic acids is 1. The topological polar surface area (TPSA) is 91.5 Å². The number of rotatable bonds is 9. The smallest absolute Gasteiger partial charge is 0.318 e. The molecule has 0 saturated carbocycles. The van der Waals surface area contributed by atoms with Gasteiger partial charge in [-0.05, 0) is 39.0 Å². The number of pyridine rings is 1. The first-order valence-electron chi connectivity index (χ1n) is 15.3. The molecule has 6 rings (SSSR count). The van der Waals surface area contributed by atoms with Crippen molar-refractivity contribution in [2.45, 2.75) is 45.0 Å². The van der Waals surface area contributed by atoms with Crippen LogP contribution in [-0.4, -0.2) is 108 Å². The highest BCUT2D eigenvalue weighted by Crippen LogP contribution is 2.35. The van der Waals surface area contributed by atoms with E-state index in [1.165, 1.54) is 17.0 Å². The molecule has 2 aromatic heterocycles. The SMILES string of the molecule is [C-]#[N+]C[C@H]1CN(c2nc(O[C@H](C)CN(C)C3COC3)nc3c2CCN(c2cncc4cccc(C)c24)C3)CCN1C(=O)C=C. The molecule has 11 nitrogen and oxygen atoms in total.